The summed E-state index contributed by atoms with van der Waals surface area (Å²) in [5.41, 5.74) is 11.1. The summed E-state index contributed by atoms with van der Waals surface area (Å²) in [4.78, 5) is 31.5. The van der Waals surface area contributed by atoms with Crippen molar-refractivity contribution in [3.05, 3.63) is 88.5 Å². The number of hydrogen-bond acceptors (Lipinski definition) is 7. The number of nitrogen functional groups attached to an aromatic ring is 1. The molecule has 0 atom stereocenters. The first kappa shape index (κ1) is 23.1. The Balaban J connectivity index is 1.52. The molecule has 3 aromatic carbocycles. The van der Waals surface area contributed by atoms with Gasteiger partial charge in [0.25, 0.3) is 0 Å². The topological polar surface area (TPSA) is 98.9 Å². The number of aliphatic hydroxyl groups is 1. The maximum Gasteiger partial charge on any atom is 0.196 e. The number of nitrogens with two attached hydrogens (primary N) is 1. The number of benzene rings is 3. The number of carbonyl (C=O) groups excluding carboxylic acids is 2. The van der Waals surface area contributed by atoms with Gasteiger partial charge in [-0.15, -0.1) is 0 Å². The molecule has 0 radical (unpaired) electrons. The summed E-state index contributed by atoms with van der Waals surface area (Å²) in [5.74, 6) is -0.386. The lowest BCUT2D eigenvalue weighted by Crippen LogP contribution is -2.47. The minimum Gasteiger partial charge on any atom is -0.396 e. The first-order chi connectivity index (χ1) is 17.1. The van der Waals surface area contributed by atoms with Crippen LogP contribution < -0.4 is 16.0 Å². The van der Waals surface area contributed by atoms with Crippen LogP contribution in [0.4, 0.5) is 17.1 Å². The van der Waals surface area contributed by atoms with Gasteiger partial charge in [0.15, 0.2) is 11.6 Å². The summed E-state index contributed by atoms with van der Waals surface area (Å²) in [6.45, 7) is 4.44. The van der Waals surface area contributed by atoms with Crippen molar-refractivity contribution >= 4 is 28.6 Å². The van der Waals surface area contributed by atoms with E-state index in [4.69, 9.17) is 5.73 Å². The van der Waals surface area contributed by atoms with Crippen LogP contribution in [0.15, 0.2) is 60.7 Å². The van der Waals surface area contributed by atoms with Crippen LogP contribution in [0, 0.1) is 0 Å². The predicted molar refractivity (Wildman–Crippen MR) is 139 cm³/mol. The maximum atomic E-state index is 13.6. The number of piperazine rings is 1. The summed E-state index contributed by atoms with van der Waals surface area (Å²) in [6.07, 6.45) is 0.786. The Bertz CT molecular complexity index is 1250. The summed E-state index contributed by atoms with van der Waals surface area (Å²) in [5, 5.41) is 12.7. The van der Waals surface area contributed by atoms with Gasteiger partial charge in [-0.3, -0.25) is 14.5 Å². The van der Waals surface area contributed by atoms with E-state index in [0.29, 0.717) is 46.7 Å². The molecule has 5 rings (SSSR count). The van der Waals surface area contributed by atoms with Gasteiger partial charge in [-0.1, -0.05) is 54.6 Å². The van der Waals surface area contributed by atoms with E-state index < -0.39 is 0 Å². The molecule has 7 nitrogen and oxygen atoms in total. The van der Waals surface area contributed by atoms with Crippen LogP contribution in [0.2, 0.25) is 0 Å². The van der Waals surface area contributed by atoms with Gasteiger partial charge in [0.1, 0.15) is 0 Å². The zero-order valence-corrected chi connectivity index (χ0v) is 19.7. The SMILES string of the molecule is Nc1c(N2CCN(CCO)CC2)cc(NCCc2ccccc2)c2c1C(=O)c1ccccc1C2=O. The normalized spacial score (nSPS) is 15.6. The fourth-order valence-corrected chi connectivity index (χ4v) is 5.05. The van der Waals surface area contributed by atoms with Gasteiger partial charge >= 0.3 is 0 Å². The van der Waals surface area contributed by atoms with Crippen molar-refractivity contribution in [2.24, 2.45) is 0 Å². The highest BCUT2D eigenvalue weighted by molar-refractivity contribution is 6.32. The zero-order chi connectivity index (χ0) is 24.4. The van der Waals surface area contributed by atoms with Crippen molar-refractivity contribution in [2.75, 3.05) is 61.8 Å². The fourth-order valence-electron chi connectivity index (χ4n) is 5.05. The highest BCUT2D eigenvalue weighted by atomic mass is 16.3. The molecule has 4 N–H and O–H groups in total. The molecule has 1 saturated heterocycles. The number of rotatable bonds is 7. The highest BCUT2D eigenvalue weighted by Gasteiger charge is 2.35. The minimum atomic E-state index is -0.209. The minimum absolute atomic E-state index is 0.131. The Hall–Kier alpha value is -3.68. The number of nitrogens with zero attached hydrogens (tertiary/aromatic N) is 2. The summed E-state index contributed by atoms with van der Waals surface area (Å²) in [7, 11) is 0. The molecule has 0 saturated carbocycles. The van der Waals surface area contributed by atoms with E-state index in [-0.39, 0.29) is 18.2 Å². The summed E-state index contributed by atoms with van der Waals surface area (Å²) < 4.78 is 0. The quantitative estimate of drug-likeness (QED) is 0.357. The molecular weight excluding hydrogens is 440 g/mol. The standard InChI is InChI=1S/C28H30N4O3/c29-26-23(32-14-12-31(13-15-32)16-17-33)18-22(30-11-10-19-6-2-1-3-7-19)24-25(26)28(35)21-9-5-4-8-20(21)27(24)34/h1-9,18,30,33H,10-17,29H2. The molecule has 0 spiro atoms. The van der Waals surface area contributed by atoms with Crippen molar-refractivity contribution in [1.29, 1.82) is 0 Å². The lowest BCUT2D eigenvalue weighted by Gasteiger charge is -2.37. The molecule has 180 valence electrons. The summed E-state index contributed by atoms with van der Waals surface area (Å²) in [6, 6.07) is 19.0. The van der Waals surface area contributed by atoms with Gasteiger partial charge < -0.3 is 21.1 Å². The molecule has 2 aliphatic rings. The van der Waals surface area contributed by atoms with Crippen LogP contribution in [0.3, 0.4) is 0 Å². The average Bonchev–Trinajstić information content (AvgIpc) is 2.89. The van der Waals surface area contributed by atoms with Crippen molar-refractivity contribution in [2.45, 2.75) is 6.42 Å². The van der Waals surface area contributed by atoms with Crippen molar-refractivity contribution in [3.8, 4) is 0 Å². The third-order valence-corrected chi connectivity index (χ3v) is 6.92. The van der Waals surface area contributed by atoms with Crippen LogP contribution in [-0.4, -0.2) is 67.4 Å². The molecular formula is C28H30N4O3. The Kier molecular flexibility index (Phi) is 6.53. The smallest absolute Gasteiger partial charge is 0.196 e. The third kappa shape index (κ3) is 4.40. The average molecular weight is 471 g/mol. The first-order valence-electron chi connectivity index (χ1n) is 12.1. The van der Waals surface area contributed by atoms with Gasteiger partial charge in [-0.2, -0.15) is 0 Å². The molecule has 3 aromatic rings. The van der Waals surface area contributed by atoms with Gasteiger partial charge in [-0.25, -0.2) is 0 Å². The molecule has 7 heteroatoms. The highest BCUT2D eigenvalue weighted by Crippen LogP contribution is 2.41. The number of nitrogens with one attached hydrogen (secondary N) is 1. The molecule has 35 heavy (non-hydrogen) atoms. The molecule has 1 heterocycles. The van der Waals surface area contributed by atoms with E-state index in [1.165, 1.54) is 5.56 Å². The molecule has 0 aromatic heterocycles. The predicted octanol–water partition coefficient (Wildman–Crippen LogP) is 2.81. The van der Waals surface area contributed by atoms with E-state index in [1.54, 1.807) is 24.3 Å². The zero-order valence-electron chi connectivity index (χ0n) is 19.7. The van der Waals surface area contributed by atoms with Crippen LogP contribution >= 0.6 is 0 Å². The van der Waals surface area contributed by atoms with Gasteiger partial charge in [0, 0.05) is 56.1 Å². The number of β-amino-alcohol motifs (C(OH)–C–C–N with tert-alkyl or cyclic N) is 1. The largest absolute Gasteiger partial charge is 0.396 e. The number of fused-ring (bicyclic) bond motifs is 2. The van der Waals surface area contributed by atoms with Crippen LogP contribution in [-0.2, 0) is 6.42 Å². The van der Waals surface area contributed by atoms with Gasteiger partial charge in [0.2, 0.25) is 0 Å². The van der Waals surface area contributed by atoms with E-state index >= 15 is 0 Å². The van der Waals surface area contributed by atoms with E-state index in [9.17, 15) is 14.7 Å². The van der Waals surface area contributed by atoms with Crippen molar-refractivity contribution in [3.63, 3.8) is 0 Å². The van der Waals surface area contributed by atoms with Crippen molar-refractivity contribution in [1.82, 2.24) is 4.90 Å². The second kappa shape index (κ2) is 9.90. The van der Waals surface area contributed by atoms with E-state index in [2.05, 4.69) is 27.2 Å². The first-order valence-corrected chi connectivity index (χ1v) is 12.1. The molecule has 0 amide bonds. The van der Waals surface area contributed by atoms with Crippen LogP contribution in [0.5, 0.6) is 0 Å². The van der Waals surface area contributed by atoms with Crippen LogP contribution in [0.25, 0.3) is 0 Å². The van der Waals surface area contributed by atoms with E-state index in [1.807, 2.05) is 24.3 Å². The lowest BCUT2D eigenvalue weighted by molar-refractivity contribution is 0.0980. The molecule has 1 aliphatic heterocycles. The molecule has 1 fully saturated rings. The van der Waals surface area contributed by atoms with Crippen molar-refractivity contribution < 1.29 is 14.7 Å². The number of ketones is 2. The van der Waals surface area contributed by atoms with Gasteiger partial charge in [0.05, 0.1) is 29.1 Å². The molecule has 1 aliphatic carbocycles. The summed E-state index contributed by atoms with van der Waals surface area (Å²) >= 11 is 0. The Morgan fingerprint density at radius 1 is 0.857 bits per heavy atom. The number of anilines is 3. The lowest BCUT2D eigenvalue weighted by atomic mass is 9.81. The monoisotopic (exact) mass is 470 g/mol. The van der Waals surface area contributed by atoms with Crippen LogP contribution in [0.1, 0.15) is 37.4 Å². The Morgan fingerprint density at radius 2 is 1.49 bits per heavy atom. The Morgan fingerprint density at radius 3 is 2.14 bits per heavy atom. The second-order valence-electron chi connectivity index (χ2n) is 9.03. The third-order valence-electron chi connectivity index (χ3n) is 6.92. The van der Waals surface area contributed by atoms with Gasteiger partial charge in [-0.05, 0) is 18.1 Å². The molecule has 0 bridgehead atoms. The fraction of sp³-hybridized carbons (Fsp3) is 0.286. The second-order valence-corrected chi connectivity index (χ2v) is 9.03. The number of hydrogen-bond donors (Lipinski definition) is 3. The van der Waals surface area contributed by atoms with E-state index in [0.717, 1.165) is 38.3 Å². The number of aliphatic hydroxyl groups excluding tert-OH is 1. The number of carbonyl (C=O) groups is 2. The molecule has 0 unspecified atom stereocenters. The Labute approximate surface area is 205 Å². The maximum absolute atomic E-state index is 13.6.